The molecule has 0 spiro atoms. The molecule has 0 bridgehead atoms. The molecule has 2 N–H and O–H groups in total. The molecular formula is C19H23N3O2. The number of carbonyl (C=O) groups excluding carboxylic acids is 2. The van der Waals surface area contributed by atoms with E-state index in [1.165, 1.54) is 6.92 Å². The van der Waals surface area contributed by atoms with Crippen molar-refractivity contribution in [2.45, 2.75) is 20.0 Å². The Hall–Kier alpha value is -2.66. The molecule has 2 aromatic carbocycles. The largest absolute Gasteiger partial charge is 0.352 e. The molecule has 2 amide bonds. The van der Waals surface area contributed by atoms with Crippen LogP contribution in [0.15, 0.2) is 48.5 Å². The monoisotopic (exact) mass is 325 g/mol. The van der Waals surface area contributed by atoms with Crippen LogP contribution in [0.1, 0.15) is 28.4 Å². The molecule has 0 atom stereocenters. The van der Waals surface area contributed by atoms with Gasteiger partial charge in [-0.05, 0) is 49.5 Å². The topological polar surface area (TPSA) is 61.4 Å². The molecule has 0 heterocycles. The minimum atomic E-state index is -0.150. The highest BCUT2D eigenvalue weighted by atomic mass is 16.2. The number of amides is 2. The molecule has 126 valence electrons. The average Bonchev–Trinajstić information content (AvgIpc) is 2.53. The van der Waals surface area contributed by atoms with E-state index in [9.17, 15) is 9.59 Å². The minimum absolute atomic E-state index is 0.0746. The Bertz CT molecular complexity index is 709. The third kappa shape index (κ3) is 5.52. The molecule has 24 heavy (non-hydrogen) atoms. The van der Waals surface area contributed by atoms with E-state index in [4.69, 9.17) is 0 Å². The van der Waals surface area contributed by atoms with Gasteiger partial charge >= 0.3 is 0 Å². The molecule has 0 aliphatic heterocycles. The lowest BCUT2D eigenvalue weighted by Crippen LogP contribution is -2.19. The van der Waals surface area contributed by atoms with Gasteiger partial charge in [0, 0.05) is 31.3 Å². The summed E-state index contributed by atoms with van der Waals surface area (Å²) in [6, 6.07) is 15.0. The third-order valence-electron chi connectivity index (χ3n) is 3.44. The Kier molecular flexibility index (Phi) is 6.09. The summed E-state index contributed by atoms with van der Waals surface area (Å²) < 4.78 is 0. The molecule has 0 aliphatic rings. The van der Waals surface area contributed by atoms with Crippen molar-refractivity contribution in [1.82, 2.24) is 10.2 Å². The van der Waals surface area contributed by atoms with Crippen molar-refractivity contribution in [3.8, 4) is 0 Å². The fraction of sp³-hybridized carbons (Fsp3) is 0.263. The number of anilines is 1. The van der Waals surface area contributed by atoms with Crippen molar-refractivity contribution in [2.24, 2.45) is 0 Å². The summed E-state index contributed by atoms with van der Waals surface area (Å²) in [7, 11) is 4.02. The lowest BCUT2D eigenvalue weighted by molar-refractivity contribution is -0.119. The van der Waals surface area contributed by atoms with Crippen LogP contribution >= 0.6 is 0 Å². The van der Waals surface area contributed by atoms with Crippen molar-refractivity contribution in [3.05, 3.63) is 65.2 Å². The molecule has 0 aromatic heterocycles. The van der Waals surface area contributed by atoms with E-state index in [1.807, 2.05) is 50.5 Å². The SMILES string of the molecule is CC(=O)NCc1ccc(C(=O)Nc2cccc(CN(C)C)c2)cc1. The van der Waals surface area contributed by atoms with E-state index in [-0.39, 0.29) is 11.8 Å². The predicted molar refractivity (Wildman–Crippen MR) is 95.7 cm³/mol. The van der Waals surface area contributed by atoms with Crippen molar-refractivity contribution < 1.29 is 9.59 Å². The summed E-state index contributed by atoms with van der Waals surface area (Å²) in [4.78, 5) is 25.3. The first kappa shape index (κ1) is 17.7. The van der Waals surface area contributed by atoms with Crippen molar-refractivity contribution in [2.75, 3.05) is 19.4 Å². The molecule has 2 rings (SSSR count). The normalized spacial score (nSPS) is 10.5. The lowest BCUT2D eigenvalue weighted by atomic mass is 10.1. The first-order chi connectivity index (χ1) is 11.4. The number of hydrogen-bond donors (Lipinski definition) is 2. The van der Waals surface area contributed by atoms with Crippen LogP contribution in [0.5, 0.6) is 0 Å². The van der Waals surface area contributed by atoms with Gasteiger partial charge in [0.1, 0.15) is 0 Å². The zero-order chi connectivity index (χ0) is 17.5. The zero-order valence-electron chi connectivity index (χ0n) is 14.3. The van der Waals surface area contributed by atoms with Crippen LogP contribution in [-0.2, 0) is 17.9 Å². The fourth-order valence-electron chi connectivity index (χ4n) is 2.32. The van der Waals surface area contributed by atoms with Gasteiger partial charge in [-0.1, -0.05) is 24.3 Å². The Balaban J connectivity index is 2.00. The first-order valence-corrected chi connectivity index (χ1v) is 7.82. The molecule has 0 fully saturated rings. The van der Waals surface area contributed by atoms with E-state index >= 15 is 0 Å². The van der Waals surface area contributed by atoms with E-state index in [1.54, 1.807) is 12.1 Å². The van der Waals surface area contributed by atoms with Crippen LogP contribution in [0.25, 0.3) is 0 Å². The van der Waals surface area contributed by atoms with E-state index < -0.39 is 0 Å². The van der Waals surface area contributed by atoms with Crippen LogP contribution < -0.4 is 10.6 Å². The molecule has 0 saturated carbocycles. The molecular weight excluding hydrogens is 302 g/mol. The highest BCUT2D eigenvalue weighted by Gasteiger charge is 2.07. The van der Waals surface area contributed by atoms with Crippen LogP contribution in [0.2, 0.25) is 0 Å². The number of rotatable bonds is 6. The van der Waals surface area contributed by atoms with Crippen molar-refractivity contribution >= 4 is 17.5 Å². The second kappa shape index (κ2) is 8.26. The van der Waals surface area contributed by atoms with Gasteiger partial charge in [0.15, 0.2) is 0 Å². The third-order valence-corrected chi connectivity index (χ3v) is 3.44. The van der Waals surface area contributed by atoms with Gasteiger partial charge in [-0.2, -0.15) is 0 Å². The highest BCUT2D eigenvalue weighted by molar-refractivity contribution is 6.04. The molecule has 2 aromatic rings. The number of carbonyl (C=O) groups is 2. The number of hydrogen-bond acceptors (Lipinski definition) is 3. The summed E-state index contributed by atoms with van der Waals surface area (Å²) in [5.41, 5.74) is 3.46. The Morgan fingerprint density at radius 3 is 2.33 bits per heavy atom. The summed E-state index contributed by atoms with van der Waals surface area (Å²) in [6.45, 7) is 2.76. The highest BCUT2D eigenvalue weighted by Crippen LogP contribution is 2.14. The van der Waals surface area contributed by atoms with Crippen LogP contribution in [0.4, 0.5) is 5.69 Å². The molecule has 0 aliphatic carbocycles. The van der Waals surface area contributed by atoms with Crippen LogP contribution in [0, 0.1) is 0 Å². The standard InChI is InChI=1S/C19H23N3O2/c1-14(23)20-12-15-7-9-17(10-8-15)19(24)21-18-6-4-5-16(11-18)13-22(2)3/h4-11H,12-13H2,1-3H3,(H,20,23)(H,21,24). The molecule has 5 nitrogen and oxygen atoms in total. The smallest absolute Gasteiger partial charge is 0.255 e. The van der Waals surface area contributed by atoms with Gasteiger partial charge in [-0.15, -0.1) is 0 Å². The zero-order valence-corrected chi connectivity index (χ0v) is 14.3. The van der Waals surface area contributed by atoms with Gasteiger partial charge in [0.2, 0.25) is 5.91 Å². The predicted octanol–water partition coefficient (Wildman–Crippen LogP) is 2.64. The van der Waals surface area contributed by atoms with Crippen LogP contribution in [0.3, 0.4) is 0 Å². The van der Waals surface area contributed by atoms with Gasteiger partial charge in [0.25, 0.3) is 5.91 Å². The molecule has 0 saturated heterocycles. The van der Waals surface area contributed by atoms with Crippen molar-refractivity contribution in [3.63, 3.8) is 0 Å². The van der Waals surface area contributed by atoms with E-state index in [0.29, 0.717) is 12.1 Å². The summed E-state index contributed by atoms with van der Waals surface area (Å²) in [5.74, 6) is -0.225. The van der Waals surface area contributed by atoms with E-state index in [0.717, 1.165) is 23.4 Å². The molecule has 0 unspecified atom stereocenters. The summed E-state index contributed by atoms with van der Waals surface area (Å²) in [6.07, 6.45) is 0. The van der Waals surface area contributed by atoms with Gasteiger partial charge < -0.3 is 15.5 Å². The molecule has 5 heteroatoms. The Labute approximate surface area is 142 Å². The first-order valence-electron chi connectivity index (χ1n) is 7.82. The average molecular weight is 325 g/mol. The summed E-state index contributed by atoms with van der Waals surface area (Å²) in [5, 5.41) is 5.64. The van der Waals surface area contributed by atoms with E-state index in [2.05, 4.69) is 15.5 Å². The maximum atomic E-state index is 12.3. The quantitative estimate of drug-likeness (QED) is 0.858. The van der Waals surface area contributed by atoms with Gasteiger partial charge in [-0.3, -0.25) is 9.59 Å². The minimum Gasteiger partial charge on any atom is -0.352 e. The second-order valence-electron chi connectivity index (χ2n) is 6.00. The van der Waals surface area contributed by atoms with Crippen LogP contribution in [-0.4, -0.2) is 30.8 Å². The van der Waals surface area contributed by atoms with Gasteiger partial charge in [0.05, 0.1) is 0 Å². The van der Waals surface area contributed by atoms with Crippen molar-refractivity contribution in [1.29, 1.82) is 0 Å². The number of nitrogens with one attached hydrogen (secondary N) is 2. The number of nitrogens with zero attached hydrogens (tertiary/aromatic N) is 1. The maximum Gasteiger partial charge on any atom is 0.255 e. The second-order valence-corrected chi connectivity index (χ2v) is 6.00. The maximum absolute atomic E-state index is 12.3. The lowest BCUT2D eigenvalue weighted by Gasteiger charge is -2.11. The fourth-order valence-corrected chi connectivity index (χ4v) is 2.32. The number of benzene rings is 2. The van der Waals surface area contributed by atoms with Gasteiger partial charge in [-0.25, -0.2) is 0 Å². The Morgan fingerprint density at radius 1 is 1.00 bits per heavy atom. The molecule has 0 radical (unpaired) electrons. The Morgan fingerprint density at radius 2 is 1.71 bits per heavy atom. The summed E-state index contributed by atoms with van der Waals surface area (Å²) >= 11 is 0.